The Hall–Kier alpha value is -6.14. The van der Waals surface area contributed by atoms with Crippen LogP contribution in [-0.2, 0) is 24.6 Å². The van der Waals surface area contributed by atoms with Crippen LogP contribution in [0.1, 0.15) is 29.9 Å². The molecule has 2 heterocycles. The Morgan fingerprint density at radius 2 is 1.48 bits per heavy atom. The number of methoxy groups -OCH3 is 1. The van der Waals surface area contributed by atoms with Gasteiger partial charge in [0.15, 0.2) is 0 Å². The molecule has 3 N–H and O–H groups in total. The number of para-hydroxylation sites is 1. The van der Waals surface area contributed by atoms with Gasteiger partial charge in [-0.25, -0.2) is 0 Å². The number of allylic oxidation sites excluding steroid dienone is 2. The first-order chi connectivity index (χ1) is 29.1. The molecule has 2 aliphatic heterocycles. The Kier molecular flexibility index (Phi) is 10.4. The van der Waals surface area contributed by atoms with E-state index in [2.05, 4.69) is 10.7 Å². The molecule has 3 fully saturated rings. The van der Waals surface area contributed by atoms with Gasteiger partial charge in [-0.1, -0.05) is 77.3 Å². The van der Waals surface area contributed by atoms with Crippen LogP contribution < -0.4 is 25.1 Å². The fourth-order valence-corrected chi connectivity index (χ4v) is 10.2. The van der Waals surface area contributed by atoms with E-state index in [1.165, 1.54) is 11.0 Å². The third kappa shape index (κ3) is 6.48. The number of carbonyl (C=O) groups is 4. The zero-order valence-electron chi connectivity index (χ0n) is 32.4. The number of amides is 4. The van der Waals surface area contributed by atoms with Gasteiger partial charge in [-0.15, -0.1) is 0 Å². The van der Waals surface area contributed by atoms with Gasteiger partial charge in [0.1, 0.15) is 18.1 Å². The first kappa shape index (κ1) is 39.3. The molecule has 6 atom stereocenters. The predicted molar refractivity (Wildman–Crippen MR) is 228 cm³/mol. The molecule has 11 nitrogen and oxygen atoms in total. The third-order valence-electron chi connectivity index (χ3n) is 12.3. The number of anilines is 4. The minimum absolute atomic E-state index is 0.0940. The molecule has 0 unspecified atom stereocenters. The van der Waals surface area contributed by atoms with Crippen molar-refractivity contribution in [2.45, 2.75) is 24.2 Å². The summed E-state index contributed by atoms with van der Waals surface area (Å²) in [6, 6.07) is 36.0. The average Bonchev–Trinajstić information content (AvgIpc) is 3.65. The van der Waals surface area contributed by atoms with E-state index in [9.17, 15) is 14.7 Å². The van der Waals surface area contributed by atoms with E-state index in [4.69, 9.17) is 32.7 Å². The molecule has 5 aromatic carbocycles. The standard InChI is InChI=1S/C47H40Cl2N4O7/c1-59-33-18-9-28(10-19-33)47-38(44(56)53(46(47)58)51-40-22-11-29(48)25-39(40)49)26-37-35(42(47)27-7-16-34(17-8-27)60-24-23-54)20-21-36-41(37)45(57)52(43(36)55)32-14-12-31(13-15-32)50-30-5-3-2-4-6-30/h2-20,22,25,36-38,41-42,50-51,54H,21,23-24,26H2,1H3/t36-,37+,38-,41-,42-,47+/m0/s1. The normalized spacial score (nSPS) is 24.4. The molecule has 0 aromatic heterocycles. The highest BCUT2D eigenvalue weighted by atomic mass is 35.5. The van der Waals surface area contributed by atoms with Crippen LogP contribution >= 0.6 is 23.2 Å². The Morgan fingerprint density at radius 1 is 0.783 bits per heavy atom. The number of fused-ring (bicyclic) bond motifs is 4. The van der Waals surface area contributed by atoms with E-state index >= 15 is 9.59 Å². The molecule has 304 valence electrons. The van der Waals surface area contributed by atoms with E-state index in [1.54, 1.807) is 55.6 Å². The highest BCUT2D eigenvalue weighted by Crippen LogP contribution is 2.64. The lowest BCUT2D eigenvalue weighted by Gasteiger charge is -2.50. The number of nitrogens with one attached hydrogen (secondary N) is 2. The van der Waals surface area contributed by atoms with Gasteiger partial charge < -0.3 is 19.9 Å². The summed E-state index contributed by atoms with van der Waals surface area (Å²) < 4.78 is 11.2. The average molecular weight is 844 g/mol. The zero-order chi connectivity index (χ0) is 41.7. The number of rotatable bonds is 11. The molecule has 2 saturated heterocycles. The van der Waals surface area contributed by atoms with E-state index in [0.29, 0.717) is 39.0 Å². The van der Waals surface area contributed by atoms with Crippen LogP contribution in [0.3, 0.4) is 0 Å². The van der Waals surface area contributed by atoms with Crippen molar-refractivity contribution in [2.75, 3.05) is 36.0 Å². The lowest BCUT2D eigenvalue weighted by atomic mass is 9.49. The van der Waals surface area contributed by atoms with E-state index in [0.717, 1.165) is 22.0 Å². The van der Waals surface area contributed by atoms with Gasteiger partial charge in [-0.3, -0.25) is 29.5 Å². The number of halogens is 2. The minimum atomic E-state index is -1.51. The summed E-state index contributed by atoms with van der Waals surface area (Å²) in [7, 11) is 1.55. The Labute approximate surface area is 356 Å². The van der Waals surface area contributed by atoms with Gasteiger partial charge in [0, 0.05) is 22.3 Å². The molecule has 13 heteroatoms. The quantitative estimate of drug-likeness (QED) is 0.0886. The van der Waals surface area contributed by atoms with E-state index < -0.39 is 46.8 Å². The SMILES string of the molecule is COc1ccc([C@@]23C(=O)N(Nc4ccc(Cl)cc4Cl)C(=O)[C@@H]2C[C@@H]2C(=CC[C@@H]4C(=O)N(c5ccc(Nc6ccccc6)cc5)C(=O)[C@@H]42)[C@@H]3c2ccc(OCCO)cc2)cc1. The summed E-state index contributed by atoms with van der Waals surface area (Å²) in [6.45, 7) is -0.0734. The van der Waals surface area contributed by atoms with Crippen LogP contribution in [0.2, 0.25) is 10.0 Å². The molecular weight excluding hydrogens is 803 g/mol. The van der Waals surface area contributed by atoms with Gasteiger partial charge in [0.25, 0.3) is 11.8 Å². The second kappa shape index (κ2) is 15.8. The minimum Gasteiger partial charge on any atom is -0.497 e. The number of benzene rings is 5. The first-order valence-electron chi connectivity index (χ1n) is 19.7. The molecule has 0 radical (unpaired) electrons. The van der Waals surface area contributed by atoms with Crippen molar-refractivity contribution in [2.24, 2.45) is 23.7 Å². The van der Waals surface area contributed by atoms with Crippen LogP contribution in [0.4, 0.5) is 22.7 Å². The number of ether oxygens (including phenoxy) is 2. The Balaban J connectivity index is 1.15. The fourth-order valence-electron chi connectivity index (χ4n) is 9.77. The predicted octanol–water partition coefficient (Wildman–Crippen LogP) is 8.31. The van der Waals surface area contributed by atoms with Crippen molar-refractivity contribution < 1.29 is 33.8 Å². The molecule has 4 amide bonds. The van der Waals surface area contributed by atoms with Crippen molar-refractivity contribution in [3.8, 4) is 11.5 Å². The maximum absolute atomic E-state index is 15.5. The van der Waals surface area contributed by atoms with Crippen LogP contribution in [0.15, 0.2) is 133 Å². The van der Waals surface area contributed by atoms with Gasteiger partial charge in [0.2, 0.25) is 11.8 Å². The molecule has 5 aromatic rings. The summed E-state index contributed by atoms with van der Waals surface area (Å²) >= 11 is 12.8. The van der Waals surface area contributed by atoms with Crippen molar-refractivity contribution >= 4 is 69.6 Å². The monoisotopic (exact) mass is 842 g/mol. The van der Waals surface area contributed by atoms with Gasteiger partial charge in [0.05, 0.1) is 53.3 Å². The third-order valence-corrected chi connectivity index (χ3v) is 12.9. The summed E-state index contributed by atoms with van der Waals surface area (Å²) in [5.41, 5.74) is 6.09. The number of aliphatic hydroxyl groups excluding tert-OH is 1. The maximum atomic E-state index is 15.5. The molecule has 2 aliphatic carbocycles. The molecule has 4 aliphatic rings. The number of imide groups is 2. The smallest absolute Gasteiger partial charge is 0.260 e. The topological polar surface area (TPSA) is 138 Å². The van der Waals surface area contributed by atoms with Crippen LogP contribution in [-0.4, -0.2) is 54.1 Å². The van der Waals surface area contributed by atoms with Gasteiger partial charge in [-0.05, 0) is 109 Å². The Morgan fingerprint density at radius 3 is 2.17 bits per heavy atom. The number of carbonyl (C=O) groups excluding carboxylic acids is 4. The maximum Gasteiger partial charge on any atom is 0.260 e. The zero-order valence-corrected chi connectivity index (χ0v) is 33.9. The summed E-state index contributed by atoms with van der Waals surface area (Å²) in [4.78, 5) is 61.0. The fraction of sp³-hybridized carbons (Fsp3) is 0.234. The Bertz CT molecular complexity index is 2520. The highest BCUT2D eigenvalue weighted by molar-refractivity contribution is 6.36. The van der Waals surface area contributed by atoms with Crippen LogP contribution in [0, 0.1) is 23.7 Å². The van der Waals surface area contributed by atoms with Crippen LogP contribution in [0.5, 0.6) is 11.5 Å². The lowest BCUT2D eigenvalue weighted by Crippen LogP contribution is -2.53. The van der Waals surface area contributed by atoms with Gasteiger partial charge in [-0.2, -0.15) is 5.01 Å². The molecule has 1 saturated carbocycles. The largest absolute Gasteiger partial charge is 0.497 e. The molecule has 60 heavy (non-hydrogen) atoms. The number of nitrogens with zero attached hydrogens (tertiary/aromatic N) is 2. The molecular formula is C47H40Cl2N4O7. The number of aliphatic hydroxyl groups is 1. The molecule has 9 rings (SSSR count). The van der Waals surface area contributed by atoms with Crippen molar-refractivity contribution in [3.05, 3.63) is 154 Å². The van der Waals surface area contributed by atoms with Crippen molar-refractivity contribution in [3.63, 3.8) is 0 Å². The van der Waals surface area contributed by atoms with Crippen molar-refractivity contribution in [1.82, 2.24) is 5.01 Å². The summed E-state index contributed by atoms with van der Waals surface area (Å²) in [5.74, 6) is -4.29. The second-order valence-electron chi connectivity index (χ2n) is 15.4. The van der Waals surface area contributed by atoms with Crippen LogP contribution in [0.25, 0.3) is 0 Å². The highest BCUT2D eigenvalue weighted by Gasteiger charge is 2.70. The second-order valence-corrected chi connectivity index (χ2v) is 16.2. The summed E-state index contributed by atoms with van der Waals surface area (Å²) in [5, 5.41) is 14.4. The number of hydrogen-bond donors (Lipinski definition) is 3. The van der Waals surface area contributed by atoms with Crippen molar-refractivity contribution in [1.29, 1.82) is 0 Å². The molecule has 0 spiro atoms. The molecule has 0 bridgehead atoms. The van der Waals surface area contributed by atoms with E-state index in [1.807, 2.05) is 72.8 Å². The lowest BCUT2D eigenvalue weighted by molar-refractivity contribution is -0.138. The summed E-state index contributed by atoms with van der Waals surface area (Å²) in [6.07, 6.45) is 2.41. The number of hydrogen-bond acceptors (Lipinski definition) is 9. The first-order valence-corrected chi connectivity index (χ1v) is 20.5. The van der Waals surface area contributed by atoms with E-state index in [-0.39, 0.29) is 42.9 Å². The van der Waals surface area contributed by atoms with Gasteiger partial charge >= 0.3 is 0 Å². The number of hydrazine groups is 1.